The van der Waals surface area contributed by atoms with Gasteiger partial charge in [0.05, 0.1) is 12.4 Å². The Labute approximate surface area is 102 Å². The topological polar surface area (TPSA) is 63.8 Å². The second-order valence-corrected chi connectivity index (χ2v) is 4.34. The van der Waals surface area contributed by atoms with Gasteiger partial charge in [-0.25, -0.2) is 0 Å². The quantitative estimate of drug-likeness (QED) is 0.651. The number of phenols is 1. The first-order chi connectivity index (χ1) is 8.31. The third-order valence-electron chi connectivity index (χ3n) is 2.04. The number of aromatic hydroxyl groups is 1. The largest absolute Gasteiger partial charge is 0.508 e. The van der Waals surface area contributed by atoms with E-state index in [0.717, 1.165) is 5.69 Å². The van der Waals surface area contributed by atoms with Crippen LogP contribution in [0.3, 0.4) is 0 Å². The Balaban J connectivity index is 2.15. The Morgan fingerprint density at radius 1 is 1.29 bits per heavy atom. The summed E-state index contributed by atoms with van der Waals surface area (Å²) in [5, 5.41) is 21.1. The fourth-order valence-electron chi connectivity index (χ4n) is 1.24. The lowest BCUT2D eigenvalue weighted by Gasteiger charge is -2.03. The zero-order valence-corrected chi connectivity index (χ0v) is 9.77. The van der Waals surface area contributed by atoms with Gasteiger partial charge in [0.15, 0.2) is 0 Å². The van der Waals surface area contributed by atoms with Gasteiger partial charge in [0, 0.05) is 5.75 Å². The van der Waals surface area contributed by atoms with Crippen LogP contribution in [-0.2, 0) is 0 Å². The van der Waals surface area contributed by atoms with E-state index in [0.29, 0.717) is 17.3 Å². The van der Waals surface area contributed by atoms with Crippen LogP contribution in [0.15, 0.2) is 29.4 Å². The first-order valence-corrected chi connectivity index (χ1v) is 6.06. The third kappa shape index (κ3) is 2.94. The minimum Gasteiger partial charge on any atom is -0.508 e. The smallest absolute Gasteiger partial charge is 0.214 e. The number of tetrazole rings is 1. The zero-order valence-electron chi connectivity index (χ0n) is 8.95. The molecule has 0 aliphatic heterocycles. The summed E-state index contributed by atoms with van der Waals surface area (Å²) in [6.45, 7) is -0.340. The summed E-state index contributed by atoms with van der Waals surface area (Å²) in [6.07, 6.45) is 0.479. The van der Waals surface area contributed by atoms with E-state index in [1.165, 1.54) is 11.8 Å². The van der Waals surface area contributed by atoms with Crippen LogP contribution in [0, 0.1) is 0 Å². The van der Waals surface area contributed by atoms with Gasteiger partial charge in [-0.15, -0.1) is 5.10 Å². The van der Waals surface area contributed by atoms with Crippen LogP contribution in [0.4, 0.5) is 4.39 Å². The van der Waals surface area contributed by atoms with Crippen molar-refractivity contribution in [1.82, 2.24) is 20.2 Å². The summed E-state index contributed by atoms with van der Waals surface area (Å²) in [5.41, 5.74) is 0.760. The molecular weight excluding hydrogens is 243 g/mol. The summed E-state index contributed by atoms with van der Waals surface area (Å²) in [6, 6.07) is 6.55. The fourth-order valence-corrected chi connectivity index (χ4v) is 2.04. The molecule has 1 aromatic carbocycles. The second-order valence-electron chi connectivity index (χ2n) is 3.28. The standard InChI is InChI=1S/C10H11FN4OS/c11-6-1-7-17-10-12-13-14-15(10)8-2-4-9(16)5-3-8/h2-5,16H,1,6-7H2. The van der Waals surface area contributed by atoms with Crippen LogP contribution >= 0.6 is 11.8 Å². The summed E-state index contributed by atoms with van der Waals surface area (Å²) in [7, 11) is 0. The van der Waals surface area contributed by atoms with Crippen molar-refractivity contribution in [3.8, 4) is 11.4 Å². The van der Waals surface area contributed by atoms with Crippen LogP contribution in [0.25, 0.3) is 5.69 Å². The summed E-state index contributed by atoms with van der Waals surface area (Å²) in [5.74, 6) is 0.822. The van der Waals surface area contributed by atoms with Crippen molar-refractivity contribution in [1.29, 1.82) is 0 Å². The maximum atomic E-state index is 12.0. The van der Waals surface area contributed by atoms with Gasteiger partial charge in [-0.1, -0.05) is 11.8 Å². The van der Waals surface area contributed by atoms with Gasteiger partial charge in [-0.05, 0) is 41.1 Å². The van der Waals surface area contributed by atoms with E-state index in [1.54, 1.807) is 28.9 Å². The van der Waals surface area contributed by atoms with Gasteiger partial charge in [-0.2, -0.15) is 4.68 Å². The molecule has 17 heavy (non-hydrogen) atoms. The summed E-state index contributed by atoms with van der Waals surface area (Å²) < 4.78 is 13.5. The van der Waals surface area contributed by atoms with E-state index in [4.69, 9.17) is 0 Å². The van der Waals surface area contributed by atoms with Crippen LogP contribution in [0.5, 0.6) is 5.75 Å². The minimum atomic E-state index is -0.340. The highest BCUT2D eigenvalue weighted by Crippen LogP contribution is 2.20. The lowest BCUT2D eigenvalue weighted by atomic mass is 10.3. The molecule has 0 spiro atoms. The molecule has 1 aromatic heterocycles. The van der Waals surface area contributed by atoms with Gasteiger partial charge in [0.2, 0.25) is 5.16 Å². The minimum absolute atomic E-state index is 0.188. The van der Waals surface area contributed by atoms with Crippen LogP contribution < -0.4 is 0 Å². The van der Waals surface area contributed by atoms with E-state index in [-0.39, 0.29) is 12.4 Å². The van der Waals surface area contributed by atoms with E-state index in [1.807, 2.05) is 0 Å². The van der Waals surface area contributed by atoms with Crippen molar-refractivity contribution >= 4 is 11.8 Å². The maximum absolute atomic E-state index is 12.0. The highest BCUT2D eigenvalue weighted by molar-refractivity contribution is 7.99. The number of benzene rings is 1. The molecule has 1 N–H and O–H groups in total. The number of hydrogen-bond donors (Lipinski definition) is 1. The first kappa shape index (κ1) is 11.8. The highest BCUT2D eigenvalue weighted by Gasteiger charge is 2.08. The van der Waals surface area contributed by atoms with E-state index < -0.39 is 0 Å². The molecule has 5 nitrogen and oxygen atoms in total. The van der Waals surface area contributed by atoms with E-state index in [2.05, 4.69) is 15.5 Å². The van der Waals surface area contributed by atoms with Gasteiger partial charge in [-0.3, -0.25) is 4.39 Å². The molecule has 1 heterocycles. The Morgan fingerprint density at radius 2 is 2.06 bits per heavy atom. The Hall–Kier alpha value is -1.63. The normalized spacial score (nSPS) is 10.6. The molecule has 0 atom stereocenters. The molecule has 0 aliphatic carbocycles. The van der Waals surface area contributed by atoms with Gasteiger partial charge in [0.25, 0.3) is 0 Å². The third-order valence-corrected chi connectivity index (χ3v) is 3.05. The average molecular weight is 254 g/mol. The predicted octanol–water partition coefficient (Wildman–Crippen LogP) is 1.82. The number of hydrogen-bond acceptors (Lipinski definition) is 5. The molecule has 0 fully saturated rings. The number of nitrogens with zero attached hydrogens (tertiary/aromatic N) is 4. The Kier molecular flexibility index (Phi) is 3.92. The number of rotatable bonds is 5. The van der Waals surface area contributed by atoms with Crippen LogP contribution in [0.2, 0.25) is 0 Å². The monoisotopic (exact) mass is 254 g/mol. The van der Waals surface area contributed by atoms with Gasteiger partial charge >= 0.3 is 0 Å². The SMILES string of the molecule is Oc1ccc(-n2nnnc2SCCCF)cc1. The number of aromatic nitrogens is 4. The highest BCUT2D eigenvalue weighted by atomic mass is 32.2. The van der Waals surface area contributed by atoms with Crippen molar-refractivity contribution in [2.24, 2.45) is 0 Å². The molecule has 7 heteroatoms. The van der Waals surface area contributed by atoms with Crippen molar-refractivity contribution in [2.45, 2.75) is 11.6 Å². The molecule has 0 aliphatic rings. The Bertz CT molecular complexity index is 473. The lowest BCUT2D eigenvalue weighted by molar-refractivity contribution is 0.475. The molecule has 0 unspecified atom stereocenters. The van der Waals surface area contributed by atoms with Crippen molar-refractivity contribution < 1.29 is 9.50 Å². The predicted molar refractivity (Wildman–Crippen MR) is 62.1 cm³/mol. The number of halogens is 1. The maximum Gasteiger partial charge on any atom is 0.214 e. The summed E-state index contributed by atoms with van der Waals surface area (Å²) >= 11 is 1.40. The number of alkyl halides is 1. The molecule has 90 valence electrons. The van der Waals surface area contributed by atoms with Crippen molar-refractivity contribution in [2.75, 3.05) is 12.4 Å². The van der Waals surface area contributed by atoms with Crippen LogP contribution in [-0.4, -0.2) is 37.7 Å². The summed E-state index contributed by atoms with van der Waals surface area (Å²) in [4.78, 5) is 0. The first-order valence-electron chi connectivity index (χ1n) is 5.08. The van der Waals surface area contributed by atoms with Gasteiger partial charge < -0.3 is 5.11 Å². The second kappa shape index (κ2) is 5.62. The lowest BCUT2D eigenvalue weighted by Crippen LogP contribution is -1.99. The fraction of sp³-hybridized carbons (Fsp3) is 0.300. The number of phenolic OH excluding ortho intramolecular Hbond substituents is 1. The molecular formula is C10H11FN4OS. The van der Waals surface area contributed by atoms with E-state index >= 15 is 0 Å². The number of thioether (sulfide) groups is 1. The average Bonchev–Trinajstić information content (AvgIpc) is 2.79. The van der Waals surface area contributed by atoms with Crippen molar-refractivity contribution in [3.63, 3.8) is 0 Å². The Morgan fingerprint density at radius 3 is 2.76 bits per heavy atom. The van der Waals surface area contributed by atoms with Gasteiger partial charge in [0.1, 0.15) is 5.75 Å². The molecule has 0 amide bonds. The molecule has 0 saturated carbocycles. The zero-order chi connectivity index (χ0) is 12.1. The molecule has 2 aromatic rings. The molecule has 0 bridgehead atoms. The molecule has 0 saturated heterocycles. The van der Waals surface area contributed by atoms with Crippen LogP contribution in [0.1, 0.15) is 6.42 Å². The van der Waals surface area contributed by atoms with Crippen molar-refractivity contribution in [3.05, 3.63) is 24.3 Å². The molecule has 0 radical (unpaired) electrons. The van der Waals surface area contributed by atoms with E-state index in [9.17, 15) is 9.50 Å². The molecule has 2 rings (SSSR count).